The van der Waals surface area contributed by atoms with Gasteiger partial charge in [-0.15, -0.1) is 11.3 Å². The van der Waals surface area contributed by atoms with Crippen LogP contribution in [-0.4, -0.2) is 33.7 Å². The Morgan fingerprint density at radius 1 is 1.33 bits per heavy atom. The normalized spacial score (nSPS) is 17.4. The molecule has 1 atom stereocenters. The number of rotatable bonds is 8. The van der Waals surface area contributed by atoms with Gasteiger partial charge < -0.3 is 9.73 Å². The molecule has 0 unspecified atom stereocenters. The van der Waals surface area contributed by atoms with Gasteiger partial charge in [0.1, 0.15) is 0 Å². The molecule has 1 fully saturated rings. The van der Waals surface area contributed by atoms with Gasteiger partial charge in [-0.25, -0.2) is 0 Å². The Bertz CT molecular complexity index is 841. The van der Waals surface area contributed by atoms with E-state index in [0.29, 0.717) is 12.6 Å². The summed E-state index contributed by atoms with van der Waals surface area (Å²) >= 11 is 1.62. The van der Waals surface area contributed by atoms with Crippen LogP contribution >= 0.6 is 11.3 Å². The molecule has 4 rings (SSSR count). The first-order valence-electron chi connectivity index (χ1n) is 9.40. The third kappa shape index (κ3) is 4.48. The first kappa shape index (κ1) is 18.0. The van der Waals surface area contributed by atoms with Crippen molar-refractivity contribution in [3.05, 3.63) is 64.5 Å². The quantitative estimate of drug-likeness (QED) is 0.643. The number of nitrogens with one attached hydrogen (secondary N) is 1. The molecule has 0 aliphatic carbocycles. The Labute approximate surface area is 162 Å². The van der Waals surface area contributed by atoms with Crippen LogP contribution in [0, 0.1) is 0 Å². The van der Waals surface area contributed by atoms with Crippen LogP contribution in [0.2, 0.25) is 0 Å². The summed E-state index contributed by atoms with van der Waals surface area (Å²) in [6.45, 7) is 3.63. The number of aromatic nitrogens is 2. The monoisotopic (exact) mass is 384 g/mol. The maximum absolute atomic E-state index is 12.4. The zero-order valence-electron chi connectivity index (χ0n) is 15.2. The first-order chi connectivity index (χ1) is 13.3. The van der Waals surface area contributed by atoms with E-state index in [1.807, 2.05) is 35.3 Å². The van der Waals surface area contributed by atoms with Crippen molar-refractivity contribution >= 4 is 17.2 Å². The Morgan fingerprint density at radius 2 is 2.30 bits per heavy atom. The molecule has 1 N–H and O–H groups in total. The average molecular weight is 385 g/mol. The zero-order chi connectivity index (χ0) is 18.5. The number of carbonyl (C=O) groups is 1. The maximum Gasteiger partial charge on any atom is 0.261 e. The highest BCUT2D eigenvalue weighted by atomic mass is 32.1. The van der Waals surface area contributed by atoms with Crippen LogP contribution in [-0.2, 0) is 13.1 Å². The van der Waals surface area contributed by atoms with Crippen molar-refractivity contribution in [1.29, 1.82) is 0 Å². The van der Waals surface area contributed by atoms with Crippen molar-refractivity contribution in [1.82, 2.24) is 20.0 Å². The van der Waals surface area contributed by atoms with E-state index in [1.54, 1.807) is 23.9 Å². The fourth-order valence-electron chi connectivity index (χ4n) is 3.60. The molecule has 1 aliphatic rings. The topological polar surface area (TPSA) is 63.3 Å². The molecule has 1 aliphatic heterocycles. The van der Waals surface area contributed by atoms with E-state index in [1.165, 1.54) is 17.7 Å². The predicted octanol–water partition coefficient (Wildman–Crippen LogP) is 3.69. The lowest BCUT2D eigenvalue weighted by Crippen LogP contribution is -2.25. The molecule has 0 bridgehead atoms. The Kier molecular flexibility index (Phi) is 5.69. The number of thiophene rings is 1. The number of furan rings is 1. The molecule has 0 saturated carbocycles. The molecule has 27 heavy (non-hydrogen) atoms. The molecule has 4 heterocycles. The largest absolute Gasteiger partial charge is 0.472 e. The molecule has 6 nitrogen and oxygen atoms in total. The van der Waals surface area contributed by atoms with Crippen LogP contribution in [0.1, 0.15) is 45.4 Å². The van der Waals surface area contributed by atoms with E-state index in [9.17, 15) is 4.79 Å². The molecule has 1 saturated heterocycles. The zero-order valence-corrected chi connectivity index (χ0v) is 16.0. The molecule has 0 aromatic carbocycles. The Hall–Kier alpha value is -2.38. The smallest absolute Gasteiger partial charge is 0.261 e. The SMILES string of the molecule is O=C(NCc1ccoc1)c1ccc([C@@H]2CCCN2CCCn2cccn2)s1. The molecule has 0 spiro atoms. The van der Waals surface area contributed by atoms with Gasteiger partial charge in [-0.2, -0.15) is 5.10 Å². The van der Waals surface area contributed by atoms with Gasteiger partial charge in [-0.3, -0.25) is 14.4 Å². The summed E-state index contributed by atoms with van der Waals surface area (Å²) in [7, 11) is 0. The number of carbonyl (C=O) groups excluding carboxylic acids is 1. The summed E-state index contributed by atoms with van der Waals surface area (Å²) in [5.41, 5.74) is 0.972. The van der Waals surface area contributed by atoms with Crippen molar-refractivity contribution in [2.45, 2.75) is 38.4 Å². The minimum Gasteiger partial charge on any atom is -0.472 e. The van der Waals surface area contributed by atoms with Crippen LogP contribution in [0.15, 0.2) is 53.6 Å². The van der Waals surface area contributed by atoms with Crippen molar-refractivity contribution in [3.63, 3.8) is 0 Å². The standard InChI is InChI=1S/C20H24N4O2S/c25-20(21-14-16-7-13-26-15-16)19-6-5-18(27-19)17-4-1-9-23(17)10-3-12-24-11-2-8-22-24/h2,5-8,11,13,15,17H,1,3-4,9-10,12,14H2,(H,21,25)/t17-/m0/s1. The Morgan fingerprint density at radius 3 is 3.11 bits per heavy atom. The lowest BCUT2D eigenvalue weighted by molar-refractivity contribution is 0.0955. The van der Waals surface area contributed by atoms with Gasteiger partial charge in [0.05, 0.1) is 17.4 Å². The molecular weight excluding hydrogens is 360 g/mol. The third-order valence-corrected chi connectivity index (χ3v) is 6.15. The van der Waals surface area contributed by atoms with Gasteiger partial charge in [0, 0.05) is 48.5 Å². The van der Waals surface area contributed by atoms with Crippen LogP contribution in [0.5, 0.6) is 0 Å². The summed E-state index contributed by atoms with van der Waals surface area (Å²) < 4.78 is 7.02. The van der Waals surface area contributed by atoms with Crippen molar-refractivity contribution < 1.29 is 9.21 Å². The summed E-state index contributed by atoms with van der Waals surface area (Å²) in [5.74, 6) is -0.0179. The minimum atomic E-state index is -0.0179. The molecule has 7 heteroatoms. The molecule has 1 amide bonds. The highest BCUT2D eigenvalue weighted by Gasteiger charge is 2.27. The maximum atomic E-state index is 12.4. The molecule has 3 aromatic heterocycles. The fraction of sp³-hybridized carbons (Fsp3) is 0.400. The summed E-state index contributed by atoms with van der Waals surface area (Å²) in [5, 5.41) is 7.22. The highest BCUT2D eigenvalue weighted by Crippen LogP contribution is 2.36. The van der Waals surface area contributed by atoms with E-state index >= 15 is 0 Å². The average Bonchev–Trinajstić information content (AvgIpc) is 3.48. The molecule has 3 aromatic rings. The van der Waals surface area contributed by atoms with Crippen LogP contribution < -0.4 is 5.32 Å². The van der Waals surface area contributed by atoms with Gasteiger partial charge in [0.25, 0.3) is 5.91 Å². The summed E-state index contributed by atoms with van der Waals surface area (Å²) in [6, 6.07) is 8.32. The number of nitrogens with zero attached hydrogens (tertiary/aromatic N) is 3. The first-order valence-corrected chi connectivity index (χ1v) is 10.2. The molecule has 0 radical (unpaired) electrons. The van der Waals surface area contributed by atoms with Crippen LogP contribution in [0.25, 0.3) is 0 Å². The Balaban J connectivity index is 1.31. The van der Waals surface area contributed by atoms with Crippen molar-refractivity contribution in [2.75, 3.05) is 13.1 Å². The molecule has 142 valence electrons. The predicted molar refractivity (Wildman–Crippen MR) is 105 cm³/mol. The second-order valence-electron chi connectivity index (χ2n) is 6.83. The van der Waals surface area contributed by atoms with E-state index < -0.39 is 0 Å². The number of likely N-dealkylation sites (tertiary alicyclic amines) is 1. The lowest BCUT2D eigenvalue weighted by Gasteiger charge is -2.23. The van der Waals surface area contributed by atoms with Crippen LogP contribution in [0.3, 0.4) is 0 Å². The van der Waals surface area contributed by atoms with Crippen LogP contribution in [0.4, 0.5) is 0 Å². The van der Waals surface area contributed by atoms with E-state index in [-0.39, 0.29) is 5.91 Å². The second-order valence-corrected chi connectivity index (χ2v) is 7.95. The summed E-state index contributed by atoms with van der Waals surface area (Å²) in [6.07, 6.45) is 10.6. The van der Waals surface area contributed by atoms with E-state index in [4.69, 9.17) is 4.42 Å². The summed E-state index contributed by atoms with van der Waals surface area (Å²) in [4.78, 5) is 17.0. The lowest BCUT2D eigenvalue weighted by atomic mass is 10.2. The number of aryl methyl sites for hydroxylation is 1. The molecular formula is C20H24N4O2S. The highest BCUT2D eigenvalue weighted by molar-refractivity contribution is 7.14. The number of hydrogen-bond donors (Lipinski definition) is 1. The van der Waals surface area contributed by atoms with Crippen molar-refractivity contribution in [2.24, 2.45) is 0 Å². The van der Waals surface area contributed by atoms with E-state index in [0.717, 1.165) is 36.5 Å². The van der Waals surface area contributed by atoms with Gasteiger partial charge in [0.2, 0.25) is 0 Å². The van der Waals surface area contributed by atoms with Gasteiger partial charge in [-0.1, -0.05) is 0 Å². The number of hydrogen-bond acceptors (Lipinski definition) is 5. The minimum absolute atomic E-state index is 0.0179. The van der Waals surface area contributed by atoms with Gasteiger partial charge in [0.15, 0.2) is 0 Å². The number of amides is 1. The second kappa shape index (κ2) is 8.54. The van der Waals surface area contributed by atoms with Crippen molar-refractivity contribution in [3.8, 4) is 0 Å². The van der Waals surface area contributed by atoms with Gasteiger partial charge >= 0.3 is 0 Å². The third-order valence-electron chi connectivity index (χ3n) is 4.97. The fourth-order valence-corrected chi connectivity index (χ4v) is 4.70. The van der Waals surface area contributed by atoms with E-state index in [2.05, 4.69) is 21.4 Å². The van der Waals surface area contributed by atoms with Gasteiger partial charge in [-0.05, 0) is 50.1 Å².